The number of benzene rings is 3. The number of fused-ring (bicyclic) bond motifs is 1. The Morgan fingerprint density at radius 1 is 0.800 bits per heavy atom. The van der Waals surface area contributed by atoms with E-state index in [4.69, 9.17) is 5.84 Å². The van der Waals surface area contributed by atoms with Crippen LogP contribution in [0.15, 0.2) is 72.8 Å². The number of carbonyl (C=O) groups excluding carboxylic acids is 1. The van der Waals surface area contributed by atoms with E-state index in [0.717, 1.165) is 10.8 Å². The van der Waals surface area contributed by atoms with Crippen molar-refractivity contribution in [2.45, 2.75) is 0 Å². The van der Waals surface area contributed by atoms with Gasteiger partial charge in [0.1, 0.15) is 0 Å². The SMILES string of the molecule is NN(C(=O)c1ccccc1)c1cccc2ccccc12. The van der Waals surface area contributed by atoms with Crippen LogP contribution in [0.25, 0.3) is 10.8 Å². The fourth-order valence-corrected chi connectivity index (χ4v) is 2.25. The van der Waals surface area contributed by atoms with Gasteiger partial charge in [0.25, 0.3) is 5.91 Å². The second kappa shape index (κ2) is 5.15. The number of nitrogens with two attached hydrogens (primary N) is 1. The van der Waals surface area contributed by atoms with Crippen molar-refractivity contribution in [1.82, 2.24) is 0 Å². The van der Waals surface area contributed by atoms with E-state index in [-0.39, 0.29) is 5.91 Å². The predicted octanol–water partition coefficient (Wildman–Crippen LogP) is 3.36. The molecule has 0 bridgehead atoms. The van der Waals surface area contributed by atoms with Gasteiger partial charge in [0.2, 0.25) is 0 Å². The molecule has 3 nitrogen and oxygen atoms in total. The van der Waals surface area contributed by atoms with Gasteiger partial charge in [0.05, 0.1) is 5.69 Å². The monoisotopic (exact) mass is 262 g/mol. The van der Waals surface area contributed by atoms with E-state index in [0.29, 0.717) is 11.3 Å². The number of hydrogen-bond donors (Lipinski definition) is 1. The molecular weight excluding hydrogens is 248 g/mol. The van der Waals surface area contributed by atoms with Crippen molar-refractivity contribution in [3.63, 3.8) is 0 Å². The maximum Gasteiger partial charge on any atom is 0.272 e. The normalized spacial score (nSPS) is 10.4. The lowest BCUT2D eigenvalue weighted by molar-refractivity contribution is 0.0987. The number of amides is 1. The predicted molar refractivity (Wildman–Crippen MR) is 81.4 cm³/mol. The van der Waals surface area contributed by atoms with Gasteiger partial charge < -0.3 is 0 Å². The van der Waals surface area contributed by atoms with E-state index < -0.39 is 0 Å². The standard InChI is InChI=1S/C17H14N2O/c18-19(17(20)14-8-2-1-3-9-14)16-12-6-10-13-7-4-5-11-15(13)16/h1-12H,18H2. The van der Waals surface area contributed by atoms with Gasteiger partial charge in [0.15, 0.2) is 0 Å². The molecule has 0 aliphatic heterocycles. The maximum atomic E-state index is 12.4. The van der Waals surface area contributed by atoms with Crippen LogP contribution in [-0.2, 0) is 0 Å². The molecule has 1 amide bonds. The molecule has 2 N–H and O–H groups in total. The lowest BCUT2D eigenvalue weighted by atomic mass is 10.1. The zero-order chi connectivity index (χ0) is 13.9. The summed E-state index contributed by atoms with van der Waals surface area (Å²) in [7, 11) is 0. The summed E-state index contributed by atoms with van der Waals surface area (Å²) >= 11 is 0. The summed E-state index contributed by atoms with van der Waals surface area (Å²) < 4.78 is 0. The van der Waals surface area contributed by atoms with E-state index in [2.05, 4.69) is 0 Å². The van der Waals surface area contributed by atoms with E-state index >= 15 is 0 Å². The fourth-order valence-electron chi connectivity index (χ4n) is 2.25. The third kappa shape index (κ3) is 2.15. The zero-order valence-corrected chi connectivity index (χ0v) is 10.9. The van der Waals surface area contributed by atoms with Crippen LogP contribution in [0.3, 0.4) is 0 Å². The quantitative estimate of drug-likeness (QED) is 0.437. The van der Waals surface area contributed by atoms with Crippen LogP contribution < -0.4 is 10.9 Å². The van der Waals surface area contributed by atoms with Gasteiger partial charge in [-0.15, -0.1) is 0 Å². The summed E-state index contributed by atoms with van der Waals surface area (Å²) in [6, 6.07) is 22.6. The van der Waals surface area contributed by atoms with Crippen molar-refractivity contribution in [3.8, 4) is 0 Å². The van der Waals surface area contributed by atoms with Crippen LogP contribution in [0.5, 0.6) is 0 Å². The van der Waals surface area contributed by atoms with Gasteiger partial charge in [-0.2, -0.15) is 0 Å². The highest BCUT2D eigenvalue weighted by molar-refractivity contribution is 6.09. The first-order chi connectivity index (χ1) is 9.77. The Balaban J connectivity index is 2.05. The maximum absolute atomic E-state index is 12.4. The summed E-state index contributed by atoms with van der Waals surface area (Å²) in [6.45, 7) is 0. The molecule has 3 aromatic rings. The van der Waals surface area contributed by atoms with E-state index in [9.17, 15) is 4.79 Å². The largest absolute Gasteiger partial charge is 0.272 e. The van der Waals surface area contributed by atoms with Gasteiger partial charge in [-0.25, -0.2) is 10.9 Å². The molecule has 3 heteroatoms. The third-order valence-electron chi connectivity index (χ3n) is 3.27. The Morgan fingerprint density at radius 2 is 1.45 bits per heavy atom. The minimum absolute atomic E-state index is 0.220. The smallest absolute Gasteiger partial charge is 0.267 e. The molecule has 20 heavy (non-hydrogen) atoms. The van der Waals surface area contributed by atoms with Crippen molar-refractivity contribution < 1.29 is 4.79 Å². The van der Waals surface area contributed by atoms with Crippen LogP contribution in [-0.4, -0.2) is 5.91 Å². The topological polar surface area (TPSA) is 46.3 Å². The van der Waals surface area contributed by atoms with Crippen molar-refractivity contribution in [1.29, 1.82) is 0 Å². The zero-order valence-electron chi connectivity index (χ0n) is 10.9. The van der Waals surface area contributed by atoms with E-state index in [1.165, 1.54) is 5.01 Å². The number of rotatable bonds is 2. The number of hydrazine groups is 1. The molecule has 0 radical (unpaired) electrons. The van der Waals surface area contributed by atoms with Gasteiger partial charge >= 0.3 is 0 Å². The highest BCUT2D eigenvalue weighted by Crippen LogP contribution is 2.25. The lowest BCUT2D eigenvalue weighted by Gasteiger charge is -2.18. The molecular formula is C17H14N2O. The summed E-state index contributed by atoms with van der Waals surface area (Å²) in [6.07, 6.45) is 0. The minimum atomic E-state index is -0.220. The molecule has 0 spiro atoms. The molecule has 0 aliphatic rings. The van der Waals surface area contributed by atoms with Crippen molar-refractivity contribution in [2.24, 2.45) is 5.84 Å². The highest BCUT2D eigenvalue weighted by atomic mass is 16.2. The fraction of sp³-hybridized carbons (Fsp3) is 0. The number of hydrogen-bond acceptors (Lipinski definition) is 2. The molecule has 0 saturated carbocycles. The molecule has 0 atom stereocenters. The number of anilines is 1. The highest BCUT2D eigenvalue weighted by Gasteiger charge is 2.15. The van der Waals surface area contributed by atoms with Crippen LogP contribution in [0.4, 0.5) is 5.69 Å². The van der Waals surface area contributed by atoms with Crippen LogP contribution >= 0.6 is 0 Å². The van der Waals surface area contributed by atoms with Gasteiger partial charge in [0, 0.05) is 10.9 Å². The average molecular weight is 262 g/mol. The first-order valence-electron chi connectivity index (χ1n) is 6.39. The molecule has 3 aromatic carbocycles. The number of nitrogens with zero attached hydrogens (tertiary/aromatic N) is 1. The Bertz CT molecular complexity index is 748. The summed E-state index contributed by atoms with van der Waals surface area (Å²) in [5, 5.41) is 3.22. The molecule has 0 aromatic heterocycles. The Hall–Kier alpha value is -2.65. The summed E-state index contributed by atoms with van der Waals surface area (Å²) in [5.41, 5.74) is 1.28. The summed E-state index contributed by atoms with van der Waals surface area (Å²) in [4.78, 5) is 12.4. The first-order valence-corrected chi connectivity index (χ1v) is 6.39. The average Bonchev–Trinajstić information content (AvgIpc) is 2.54. The Kier molecular flexibility index (Phi) is 3.19. The molecule has 0 aliphatic carbocycles. The van der Waals surface area contributed by atoms with Gasteiger partial charge in [-0.1, -0.05) is 54.6 Å². The van der Waals surface area contributed by atoms with Gasteiger partial charge in [-0.3, -0.25) is 4.79 Å². The van der Waals surface area contributed by atoms with Crippen LogP contribution in [0, 0.1) is 0 Å². The molecule has 0 unspecified atom stereocenters. The van der Waals surface area contributed by atoms with Gasteiger partial charge in [-0.05, 0) is 23.6 Å². The van der Waals surface area contributed by atoms with E-state index in [1.807, 2.05) is 60.7 Å². The second-order valence-electron chi connectivity index (χ2n) is 4.54. The molecule has 0 heterocycles. The lowest BCUT2D eigenvalue weighted by Crippen LogP contribution is -2.37. The van der Waals surface area contributed by atoms with E-state index in [1.54, 1.807) is 12.1 Å². The second-order valence-corrected chi connectivity index (χ2v) is 4.54. The molecule has 0 fully saturated rings. The van der Waals surface area contributed by atoms with Crippen molar-refractivity contribution in [3.05, 3.63) is 78.4 Å². The molecule has 0 saturated heterocycles. The van der Waals surface area contributed by atoms with Crippen LogP contribution in [0.2, 0.25) is 0 Å². The summed E-state index contributed by atoms with van der Waals surface area (Å²) in [5.74, 6) is 5.80. The number of carbonyl (C=O) groups is 1. The minimum Gasteiger partial charge on any atom is -0.267 e. The van der Waals surface area contributed by atoms with Crippen molar-refractivity contribution >= 4 is 22.4 Å². The van der Waals surface area contributed by atoms with Crippen molar-refractivity contribution in [2.75, 3.05) is 5.01 Å². The molecule has 3 rings (SSSR count). The first kappa shape index (κ1) is 12.4. The van der Waals surface area contributed by atoms with Crippen LogP contribution in [0.1, 0.15) is 10.4 Å². The Labute approximate surface area is 117 Å². The molecule has 98 valence electrons. The Morgan fingerprint density at radius 3 is 2.25 bits per heavy atom. The third-order valence-corrected chi connectivity index (χ3v) is 3.27.